The number of nitrogens with one attached hydrogen (secondary N) is 2. The number of hydrogen-bond acceptors (Lipinski definition) is 15. The highest BCUT2D eigenvalue weighted by molar-refractivity contribution is 7.99. The highest BCUT2D eigenvalue weighted by Gasteiger charge is 2.64. The van der Waals surface area contributed by atoms with Gasteiger partial charge in [0.25, 0.3) is 0 Å². The van der Waals surface area contributed by atoms with Gasteiger partial charge in [-0.3, -0.25) is 19.4 Å². The normalized spacial score (nSPS) is 25.2. The zero-order valence-electron chi connectivity index (χ0n) is 40.4. The van der Waals surface area contributed by atoms with Gasteiger partial charge in [-0.1, -0.05) is 54.6 Å². The molecule has 16 nitrogen and oxygen atoms in total. The average molecular weight is 964 g/mol. The van der Waals surface area contributed by atoms with Gasteiger partial charge in [0.15, 0.2) is 41.2 Å². The van der Waals surface area contributed by atoms with E-state index in [9.17, 15) is 24.8 Å². The molecule has 3 N–H and O–H groups in total. The molecule has 7 atom stereocenters. The largest absolute Gasteiger partial charge is 0.493 e. The van der Waals surface area contributed by atoms with Gasteiger partial charge >= 0.3 is 6.09 Å². The fraction of sp³-hybridized carbons (Fsp3) is 0.500. The second-order valence-electron chi connectivity index (χ2n) is 19.5. The molecule has 0 saturated carbocycles. The molecule has 0 radical (unpaired) electrons. The molecular formula is C52H61N5O11S. The number of piperazine rings is 1. The standard InChI is InChI=1S/C52H61N5O11S/c1-28-19-30-20-37-39(22-53)57-38(43(56(37)6)41(30)46(44(28)63-8)65-26-64-18-17-62-7)21-52(61)42(47-45(66-27-67-47)29(2)48(52)58)40(57)23-54-49(59)36(55-50(60)68-51(3,4)5)25-69-24-35-33-15-11-9-13-31(33)32-14-10-12-16-34(32)35/h9-16,19,35-40,43,61H,17-18,20-21,23-27H2,1-8H3,(H,54,59)(H,55,60)/t36-,37-,38?,39-,40-,43-,52?/m0/s1. The Balaban J connectivity index is 1.07. The highest BCUT2D eigenvalue weighted by atomic mass is 32.2. The number of nitriles is 1. The summed E-state index contributed by atoms with van der Waals surface area (Å²) < 4.78 is 41.0. The number of thioether (sulfide) groups is 1. The Hall–Kier alpha value is -5.61. The lowest BCUT2D eigenvalue weighted by Gasteiger charge is -2.62. The zero-order valence-corrected chi connectivity index (χ0v) is 41.2. The number of Topliss-reactive ketones (excluding diaryl/α,β-unsaturated/α-hetero) is 1. The Labute approximate surface area is 407 Å². The number of ether oxygens (including phenoxy) is 7. The van der Waals surface area contributed by atoms with E-state index >= 15 is 0 Å². The van der Waals surface area contributed by atoms with Crippen LogP contribution in [0, 0.1) is 18.3 Å². The molecule has 3 saturated heterocycles. The summed E-state index contributed by atoms with van der Waals surface area (Å²) in [5.74, 6) is 1.29. The fourth-order valence-electron chi connectivity index (χ4n) is 11.4. The molecule has 2 bridgehead atoms. The molecule has 4 aliphatic heterocycles. The molecule has 0 spiro atoms. The summed E-state index contributed by atoms with van der Waals surface area (Å²) >= 11 is 1.54. The summed E-state index contributed by atoms with van der Waals surface area (Å²) in [6, 6.07) is 16.9. The van der Waals surface area contributed by atoms with Crippen LogP contribution in [0.1, 0.15) is 73.9 Å². The molecule has 69 heavy (non-hydrogen) atoms. The van der Waals surface area contributed by atoms with Crippen molar-refractivity contribution in [2.24, 2.45) is 0 Å². The van der Waals surface area contributed by atoms with E-state index in [0.29, 0.717) is 36.9 Å². The number of aliphatic hydroxyl groups is 1. The van der Waals surface area contributed by atoms with E-state index in [-0.39, 0.29) is 66.9 Å². The molecule has 2 unspecified atom stereocenters. The number of amides is 2. The third-order valence-electron chi connectivity index (χ3n) is 14.3. The predicted molar refractivity (Wildman–Crippen MR) is 256 cm³/mol. The minimum atomic E-state index is -2.12. The summed E-state index contributed by atoms with van der Waals surface area (Å²) in [5, 5.41) is 30.3. The van der Waals surface area contributed by atoms with Gasteiger partial charge in [-0.05, 0) is 81.5 Å². The molecule has 366 valence electrons. The number of piperidine rings is 1. The molecule has 9 rings (SSSR count). The molecular weight excluding hydrogens is 903 g/mol. The van der Waals surface area contributed by atoms with E-state index in [1.54, 1.807) is 53.7 Å². The van der Waals surface area contributed by atoms with Crippen molar-refractivity contribution < 1.29 is 52.6 Å². The van der Waals surface area contributed by atoms with Crippen molar-refractivity contribution in [1.82, 2.24) is 20.4 Å². The summed E-state index contributed by atoms with van der Waals surface area (Å²) in [6.07, 6.45) is -0.405. The van der Waals surface area contributed by atoms with Crippen LogP contribution in [0.25, 0.3) is 11.1 Å². The summed E-state index contributed by atoms with van der Waals surface area (Å²) in [6.45, 7) is 9.05. The number of methoxy groups -OCH3 is 2. The summed E-state index contributed by atoms with van der Waals surface area (Å²) in [7, 11) is 5.12. The van der Waals surface area contributed by atoms with Gasteiger partial charge in [-0.25, -0.2) is 4.79 Å². The molecule has 4 heterocycles. The molecule has 2 amide bonds. The number of aryl methyl sites for hydroxylation is 1. The third kappa shape index (κ3) is 8.63. The van der Waals surface area contributed by atoms with Crippen LogP contribution in [0.2, 0.25) is 0 Å². The molecule has 3 aromatic carbocycles. The quantitative estimate of drug-likeness (QED) is 0.125. The molecule has 6 aliphatic rings. The molecule has 2 aliphatic carbocycles. The minimum absolute atomic E-state index is 0.0730. The zero-order chi connectivity index (χ0) is 48.9. The molecule has 3 aromatic rings. The second kappa shape index (κ2) is 19.3. The highest BCUT2D eigenvalue weighted by Crippen LogP contribution is 2.57. The van der Waals surface area contributed by atoms with Crippen molar-refractivity contribution >= 4 is 29.5 Å². The van der Waals surface area contributed by atoms with Gasteiger partial charge in [-0.15, -0.1) is 0 Å². The fourth-order valence-corrected chi connectivity index (χ4v) is 12.7. The van der Waals surface area contributed by atoms with Crippen LogP contribution >= 0.6 is 11.8 Å². The lowest BCUT2D eigenvalue weighted by molar-refractivity contribution is -0.148. The maximum absolute atomic E-state index is 14.8. The SMILES string of the molecule is COCCOCOc1c(OC)c(C)cc2c1[C@@H]1C3CC4(O)C(=O)C(C)=C5OCOC5=C4[C@H](CNC(=O)[C@H](CSCC4c5ccccc5-c5ccccc54)NC(=O)OC(C)(C)C)N3[C@@H](C#N)[C@H](C2)N1C. The number of nitrogens with zero attached hydrogens (tertiary/aromatic N) is 3. The van der Waals surface area contributed by atoms with Crippen molar-refractivity contribution in [3.05, 3.63) is 105 Å². The number of alkyl carbamates (subject to hydrolysis) is 1. The van der Waals surface area contributed by atoms with Crippen LogP contribution in [-0.2, 0) is 39.7 Å². The van der Waals surface area contributed by atoms with Crippen LogP contribution < -0.4 is 20.1 Å². The number of likely N-dealkylation sites (N-methyl/N-ethyl adjacent to an activating group) is 1. The van der Waals surface area contributed by atoms with Crippen LogP contribution in [0.3, 0.4) is 0 Å². The van der Waals surface area contributed by atoms with Crippen molar-refractivity contribution in [3.63, 3.8) is 0 Å². The average Bonchev–Trinajstić information content (AvgIpc) is 3.92. The smallest absolute Gasteiger partial charge is 0.408 e. The number of fused-ring (bicyclic) bond motifs is 11. The molecule has 17 heteroatoms. The van der Waals surface area contributed by atoms with Crippen LogP contribution in [0.5, 0.6) is 11.5 Å². The van der Waals surface area contributed by atoms with Crippen molar-refractivity contribution in [3.8, 4) is 28.7 Å². The Bertz CT molecular complexity index is 2600. The van der Waals surface area contributed by atoms with Gasteiger partial charge < -0.3 is 48.9 Å². The van der Waals surface area contributed by atoms with E-state index in [4.69, 9.17) is 33.2 Å². The maximum atomic E-state index is 14.8. The number of hydrogen-bond donors (Lipinski definition) is 3. The van der Waals surface area contributed by atoms with E-state index in [1.807, 2.05) is 43.1 Å². The first-order valence-electron chi connectivity index (χ1n) is 23.4. The second-order valence-corrected chi connectivity index (χ2v) is 20.6. The van der Waals surface area contributed by atoms with E-state index in [1.165, 1.54) is 22.3 Å². The van der Waals surface area contributed by atoms with Gasteiger partial charge in [0.05, 0.1) is 38.5 Å². The lowest BCUT2D eigenvalue weighted by atomic mass is 9.64. The first kappa shape index (κ1) is 48.4. The number of rotatable bonds is 15. The van der Waals surface area contributed by atoms with Crippen molar-refractivity contribution in [2.45, 2.75) is 101 Å². The summed E-state index contributed by atoms with van der Waals surface area (Å²) in [5.41, 5.74) is 4.86. The van der Waals surface area contributed by atoms with Crippen LogP contribution in [0.4, 0.5) is 4.79 Å². The topological polar surface area (TPSA) is 190 Å². The molecule has 3 fully saturated rings. The summed E-state index contributed by atoms with van der Waals surface area (Å²) in [4.78, 5) is 47.1. The first-order chi connectivity index (χ1) is 33.1. The van der Waals surface area contributed by atoms with Crippen molar-refractivity contribution in [2.75, 3.05) is 66.1 Å². The van der Waals surface area contributed by atoms with Gasteiger partial charge in [0.1, 0.15) is 17.7 Å². The van der Waals surface area contributed by atoms with Crippen molar-refractivity contribution in [1.29, 1.82) is 5.26 Å². The van der Waals surface area contributed by atoms with Crippen LogP contribution in [0.15, 0.2) is 77.3 Å². The Kier molecular flexibility index (Phi) is 13.5. The van der Waals surface area contributed by atoms with Gasteiger partial charge in [0.2, 0.25) is 12.7 Å². The van der Waals surface area contributed by atoms with E-state index in [0.717, 1.165) is 16.7 Å². The van der Waals surface area contributed by atoms with Crippen LogP contribution in [-0.4, -0.2) is 140 Å². The number of carbonyl (C=O) groups excluding carboxylic acids is 3. The van der Waals surface area contributed by atoms with Gasteiger partial charge in [0, 0.05) is 66.3 Å². The number of benzene rings is 3. The number of carbonyl (C=O) groups is 3. The lowest BCUT2D eigenvalue weighted by Crippen LogP contribution is -2.75. The first-order valence-corrected chi connectivity index (χ1v) is 24.6. The van der Waals surface area contributed by atoms with E-state index < -0.39 is 59.2 Å². The number of ketones is 1. The predicted octanol–water partition coefficient (Wildman–Crippen LogP) is 5.65. The molecule has 0 aromatic heterocycles. The Morgan fingerprint density at radius 1 is 1.01 bits per heavy atom. The van der Waals surface area contributed by atoms with Gasteiger partial charge in [-0.2, -0.15) is 17.0 Å². The monoisotopic (exact) mass is 963 g/mol. The van der Waals surface area contributed by atoms with E-state index in [2.05, 4.69) is 51.9 Å². The maximum Gasteiger partial charge on any atom is 0.408 e. The Morgan fingerprint density at radius 3 is 2.38 bits per heavy atom. The third-order valence-corrected chi connectivity index (χ3v) is 15.4. The Morgan fingerprint density at radius 2 is 1.71 bits per heavy atom. The minimum Gasteiger partial charge on any atom is -0.493 e.